The van der Waals surface area contributed by atoms with Crippen LogP contribution in [0.15, 0.2) is 12.1 Å². The average Bonchev–Trinajstić information content (AvgIpc) is 2.72. The Balaban J connectivity index is 2.17. The van der Waals surface area contributed by atoms with Crippen LogP contribution in [-0.2, 0) is 10.2 Å². The largest absolute Gasteiger partial charge is 0.354 e. The van der Waals surface area contributed by atoms with E-state index in [0.29, 0.717) is 23.7 Å². The molecule has 0 saturated carbocycles. The van der Waals surface area contributed by atoms with Gasteiger partial charge in [-0.15, -0.1) is 0 Å². The maximum atomic E-state index is 12.2. The normalized spacial score (nSPS) is 18.8. The van der Waals surface area contributed by atoms with E-state index in [4.69, 9.17) is 11.6 Å². The number of rotatable bonds is 2. The van der Waals surface area contributed by atoms with Gasteiger partial charge in [0.2, 0.25) is 5.91 Å². The number of nitrogens with zero attached hydrogens (tertiary/aromatic N) is 1. The molecular formula is C14H18ClN3O2. The summed E-state index contributed by atoms with van der Waals surface area (Å²) >= 11 is 5.98. The molecule has 0 radical (unpaired) electrons. The van der Waals surface area contributed by atoms with Crippen molar-refractivity contribution in [2.24, 2.45) is 0 Å². The number of hydrogen-bond donors (Lipinski definition) is 2. The topological polar surface area (TPSA) is 71.1 Å². The van der Waals surface area contributed by atoms with Gasteiger partial charge in [-0.3, -0.25) is 9.59 Å². The maximum absolute atomic E-state index is 12.2. The number of hydrogen-bond acceptors (Lipinski definition) is 3. The number of halogens is 1. The maximum Gasteiger partial charge on any atom is 0.251 e. The molecule has 1 saturated heterocycles. The summed E-state index contributed by atoms with van der Waals surface area (Å²) in [6, 6.07) is 3.11. The first-order chi connectivity index (χ1) is 9.25. The lowest BCUT2D eigenvalue weighted by Crippen LogP contribution is -2.36. The molecule has 1 fully saturated rings. The van der Waals surface area contributed by atoms with Crippen molar-refractivity contribution >= 4 is 23.4 Å². The molecule has 20 heavy (non-hydrogen) atoms. The quantitative estimate of drug-likeness (QED) is 0.815. The molecule has 0 aliphatic carbocycles. The van der Waals surface area contributed by atoms with E-state index < -0.39 is 0 Å². The summed E-state index contributed by atoms with van der Waals surface area (Å²) in [5.74, 6) is -0.278. The summed E-state index contributed by atoms with van der Waals surface area (Å²) in [6.07, 6.45) is 0.316. The number of carbonyl (C=O) groups excluding carboxylic acids is 2. The van der Waals surface area contributed by atoms with E-state index in [1.807, 2.05) is 20.8 Å². The monoisotopic (exact) mass is 295 g/mol. The van der Waals surface area contributed by atoms with Gasteiger partial charge in [0.15, 0.2) is 0 Å². The van der Waals surface area contributed by atoms with Crippen LogP contribution in [0.1, 0.15) is 43.2 Å². The molecule has 0 aromatic carbocycles. The number of carbonyl (C=O) groups is 2. The van der Waals surface area contributed by atoms with E-state index in [0.717, 1.165) is 5.69 Å². The fraction of sp³-hybridized carbons (Fsp3) is 0.500. The van der Waals surface area contributed by atoms with Gasteiger partial charge in [0.25, 0.3) is 5.91 Å². The molecule has 5 nitrogen and oxygen atoms in total. The highest BCUT2D eigenvalue weighted by molar-refractivity contribution is 6.29. The predicted octanol–water partition coefficient (Wildman–Crippen LogP) is 1.65. The van der Waals surface area contributed by atoms with Gasteiger partial charge in [-0.2, -0.15) is 0 Å². The SMILES string of the molecule is CC(C)(C)c1cc(C(=O)NC2CNC(=O)C2)cc(Cl)n1. The molecule has 0 spiro atoms. The average molecular weight is 296 g/mol. The molecule has 1 unspecified atom stereocenters. The zero-order valence-electron chi connectivity index (χ0n) is 11.8. The zero-order valence-corrected chi connectivity index (χ0v) is 12.5. The van der Waals surface area contributed by atoms with E-state index in [1.165, 1.54) is 6.07 Å². The Kier molecular flexibility index (Phi) is 3.99. The smallest absolute Gasteiger partial charge is 0.251 e. The van der Waals surface area contributed by atoms with Gasteiger partial charge < -0.3 is 10.6 Å². The van der Waals surface area contributed by atoms with Crippen LogP contribution in [0.2, 0.25) is 5.15 Å². The van der Waals surface area contributed by atoms with Crippen molar-refractivity contribution in [1.82, 2.24) is 15.6 Å². The minimum Gasteiger partial charge on any atom is -0.354 e. The second kappa shape index (κ2) is 5.40. The highest BCUT2D eigenvalue weighted by Crippen LogP contribution is 2.23. The standard InChI is InChI=1S/C14H18ClN3O2/c1-14(2,3)10-4-8(5-11(15)18-10)13(20)17-9-6-12(19)16-7-9/h4-5,9H,6-7H2,1-3H3,(H,16,19)(H,17,20). The van der Waals surface area contributed by atoms with E-state index in [-0.39, 0.29) is 23.3 Å². The lowest BCUT2D eigenvalue weighted by molar-refractivity contribution is -0.119. The fourth-order valence-electron chi connectivity index (χ4n) is 1.99. The third-order valence-corrected chi connectivity index (χ3v) is 3.33. The van der Waals surface area contributed by atoms with E-state index in [1.54, 1.807) is 6.07 Å². The first-order valence-corrected chi connectivity index (χ1v) is 6.89. The molecule has 2 rings (SSSR count). The van der Waals surface area contributed by atoms with Crippen molar-refractivity contribution in [3.8, 4) is 0 Å². The minimum atomic E-state index is -0.235. The first-order valence-electron chi connectivity index (χ1n) is 6.51. The van der Waals surface area contributed by atoms with Crippen molar-refractivity contribution in [3.63, 3.8) is 0 Å². The highest BCUT2D eigenvalue weighted by atomic mass is 35.5. The number of pyridine rings is 1. The van der Waals surface area contributed by atoms with Crippen LogP contribution < -0.4 is 10.6 Å². The molecule has 108 valence electrons. The fourth-order valence-corrected chi connectivity index (χ4v) is 2.20. The second-order valence-corrected chi connectivity index (χ2v) is 6.38. The molecule has 6 heteroatoms. The summed E-state index contributed by atoms with van der Waals surface area (Å²) in [5, 5.41) is 5.80. The van der Waals surface area contributed by atoms with Gasteiger partial charge >= 0.3 is 0 Å². The molecule has 1 aliphatic rings. The van der Waals surface area contributed by atoms with Crippen LogP contribution in [0.3, 0.4) is 0 Å². The molecule has 1 aliphatic heterocycles. The Labute approximate surface area is 123 Å². The molecule has 1 aromatic heterocycles. The van der Waals surface area contributed by atoms with Crippen molar-refractivity contribution in [3.05, 3.63) is 28.5 Å². The molecular weight excluding hydrogens is 278 g/mol. The van der Waals surface area contributed by atoms with Gasteiger partial charge in [-0.25, -0.2) is 4.98 Å². The summed E-state index contributed by atoms with van der Waals surface area (Å²) in [6.45, 7) is 6.49. The lowest BCUT2D eigenvalue weighted by atomic mass is 9.91. The van der Waals surface area contributed by atoms with Crippen molar-refractivity contribution in [2.45, 2.75) is 38.6 Å². The molecule has 1 atom stereocenters. The van der Waals surface area contributed by atoms with E-state index in [9.17, 15) is 9.59 Å². The van der Waals surface area contributed by atoms with Crippen molar-refractivity contribution < 1.29 is 9.59 Å². The van der Waals surface area contributed by atoms with Crippen LogP contribution in [0, 0.1) is 0 Å². The Morgan fingerprint density at radius 3 is 2.70 bits per heavy atom. The van der Waals surface area contributed by atoms with Gasteiger partial charge in [-0.05, 0) is 12.1 Å². The number of aromatic nitrogens is 1. The van der Waals surface area contributed by atoms with Gasteiger partial charge in [0, 0.05) is 29.6 Å². The zero-order chi connectivity index (χ0) is 14.9. The van der Waals surface area contributed by atoms with Crippen LogP contribution in [0.25, 0.3) is 0 Å². The molecule has 2 heterocycles. The molecule has 1 aromatic rings. The molecule has 2 amide bonds. The van der Waals surface area contributed by atoms with E-state index in [2.05, 4.69) is 15.6 Å². The Bertz CT molecular complexity index is 552. The van der Waals surface area contributed by atoms with Crippen molar-refractivity contribution in [1.29, 1.82) is 0 Å². The van der Waals surface area contributed by atoms with Crippen molar-refractivity contribution in [2.75, 3.05) is 6.54 Å². The summed E-state index contributed by atoms with van der Waals surface area (Å²) in [5.41, 5.74) is 1.04. The second-order valence-electron chi connectivity index (χ2n) is 5.99. The van der Waals surface area contributed by atoms with Crippen LogP contribution in [0.4, 0.5) is 0 Å². The predicted molar refractivity (Wildman–Crippen MR) is 76.8 cm³/mol. The summed E-state index contributed by atoms with van der Waals surface area (Å²) < 4.78 is 0. The third-order valence-electron chi connectivity index (χ3n) is 3.14. The first kappa shape index (κ1) is 14.8. The van der Waals surface area contributed by atoms with E-state index >= 15 is 0 Å². The van der Waals surface area contributed by atoms with Crippen LogP contribution in [-0.4, -0.2) is 29.4 Å². The minimum absolute atomic E-state index is 0.0431. The summed E-state index contributed by atoms with van der Waals surface area (Å²) in [7, 11) is 0. The van der Waals surface area contributed by atoms with Crippen LogP contribution in [0.5, 0.6) is 0 Å². The summed E-state index contributed by atoms with van der Waals surface area (Å²) in [4.78, 5) is 27.6. The number of amides is 2. The Morgan fingerprint density at radius 2 is 2.15 bits per heavy atom. The molecule has 2 N–H and O–H groups in total. The van der Waals surface area contributed by atoms with Crippen LogP contribution >= 0.6 is 11.6 Å². The molecule has 0 bridgehead atoms. The van der Waals surface area contributed by atoms with Gasteiger partial charge in [-0.1, -0.05) is 32.4 Å². The van der Waals surface area contributed by atoms with Gasteiger partial charge in [0.1, 0.15) is 5.15 Å². The van der Waals surface area contributed by atoms with Gasteiger partial charge in [0.05, 0.1) is 6.04 Å². The third kappa shape index (κ3) is 3.48. The Morgan fingerprint density at radius 1 is 1.45 bits per heavy atom. The number of nitrogens with one attached hydrogen (secondary N) is 2. The highest BCUT2D eigenvalue weighted by Gasteiger charge is 2.24. The lowest BCUT2D eigenvalue weighted by Gasteiger charge is -2.19. The Hall–Kier alpha value is -1.62.